The van der Waals surface area contributed by atoms with Crippen molar-refractivity contribution in [2.75, 3.05) is 44.2 Å². The molecule has 2 heterocycles. The van der Waals surface area contributed by atoms with Gasteiger partial charge in [0.2, 0.25) is 5.95 Å². The third kappa shape index (κ3) is 3.65. The number of aromatic nitrogens is 2. The van der Waals surface area contributed by atoms with Crippen LogP contribution in [0.2, 0.25) is 0 Å². The van der Waals surface area contributed by atoms with Gasteiger partial charge in [-0.2, -0.15) is 0 Å². The summed E-state index contributed by atoms with van der Waals surface area (Å²) in [5.74, 6) is 1.54. The summed E-state index contributed by atoms with van der Waals surface area (Å²) in [6, 6.07) is 1.86. The molecule has 100 valence electrons. The lowest BCUT2D eigenvalue weighted by Crippen LogP contribution is -2.48. The number of piperazine rings is 1. The van der Waals surface area contributed by atoms with Gasteiger partial charge in [-0.25, -0.2) is 9.97 Å². The molecule has 5 heteroatoms. The Hall–Kier alpha value is -1.20. The van der Waals surface area contributed by atoms with Crippen molar-refractivity contribution in [2.45, 2.75) is 13.3 Å². The van der Waals surface area contributed by atoms with Crippen molar-refractivity contribution in [3.05, 3.63) is 18.5 Å². The van der Waals surface area contributed by atoms with Crippen molar-refractivity contribution >= 4 is 5.95 Å². The molecule has 0 aliphatic carbocycles. The van der Waals surface area contributed by atoms with Gasteiger partial charge >= 0.3 is 0 Å². The number of nitrogens with two attached hydrogens (primary N) is 1. The minimum Gasteiger partial charge on any atom is -0.338 e. The summed E-state index contributed by atoms with van der Waals surface area (Å²) in [5.41, 5.74) is 5.59. The van der Waals surface area contributed by atoms with Crippen LogP contribution in [0.25, 0.3) is 0 Å². The molecule has 1 unspecified atom stereocenters. The van der Waals surface area contributed by atoms with Crippen molar-refractivity contribution in [3.8, 4) is 0 Å². The molecule has 5 nitrogen and oxygen atoms in total. The average molecular weight is 249 g/mol. The molecule has 1 aliphatic heterocycles. The van der Waals surface area contributed by atoms with Crippen LogP contribution in [0, 0.1) is 5.92 Å². The zero-order valence-corrected chi connectivity index (χ0v) is 11.1. The Kier molecular flexibility index (Phi) is 4.90. The first-order valence-corrected chi connectivity index (χ1v) is 6.74. The molecule has 0 spiro atoms. The van der Waals surface area contributed by atoms with Crippen LogP contribution >= 0.6 is 0 Å². The van der Waals surface area contributed by atoms with Crippen molar-refractivity contribution in [1.82, 2.24) is 14.9 Å². The zero-order valence-electron chi connectivity index (χ0n) is 11.1. The van der Waals surface area contributed by atoms with E-state index in [1.165, 1.54) is 0 Å². The second kappa shape index (κ2) is 6.66. The topological polar surface area (TPSA) is 58.3 Å². The molecule has 0 radical (unpaired) electrons. The van der Waals surface area contributed by atoms with E-state index in [0.29, 0.717) is 5.92 Å². The second-order valence-electron chi connectivity index (χ2n) is 5.02. The Balaban J connectivity index is 1.78. The fourth-order valence-corrected chi connectivity index (χ4v) is 2.40. The number of rotatable bonds is 5. The van der Waals surface area contributed by atoms with E-state index in [1.54, 1.807) is 12.4 Å². The van der Waals surface area contributed by atoms with Crippen LogP contribution in [-0.4, -0.2) is 54.1 Å². The average Bonchev–Trinajstić information content (AvgIpc) is 2.41. The van der Waals surface area contributed by atoms with E-state index >= 15 is 0 Å². The molecular formula is C13H23N5. The van der Waals surface area contributed by atoms with Gasteiger partial charge in [-0.3, -0.25) is 4.90 Å². The predicted octanol–water partition coefficient (Wildman–Crippen LogP) is 0.584. The minimum absolute atomic E-state index is 0.689. The first-order chi connectivity index (χ1) is 8.79. The van der Waals surface area contributed by atoms with E-state index in [0.717, 1.165) is 51.6 Å². The Morgan fingerprint density at radius 2 is 1.89 bits per heavy atom. The lowest BCUT2D eigenvalue weighted by molar-refractivity contribution is 0.220. The van der Waals surface area contributed by atoms with E-state index in [9.17, 15) is 0 Å². The highest BCUT2D eigenvalue weighted by atomic mass is 15.3. The Morgan fingerprint density at radius 1 is 1.22 bits per heavy atom. The second-order valence-corrected chi connectivity index (χ2v) is 5.02. The van der Waals surface area contributed by atoms with E-state index in [1.807, 2.05) is 6.07 Å². The van der Waals surface area contributed by atoms with Gasteiger partial charge in [0.25, 0.3) is 0 Å². The fourth-order valence-electron chi connectivity index (χ4n) is 2.40. The first-order valence-electron chi connectivity index (χ1n) is 6.74. The van der Waals surface area contributed by atoms with E-state index in [4.69, 9.17) is 5.73 Å². The maximum absolute atomic E-state index is 5.59. The highest BCUT2D eigenvalue weighted by Crippen LogP contribution is 2.11. The summed E-state index contributed by atoms with van der Waals surface area (Å²) < 4.78 is 0. The highest BCUT2D eigenvalue weighted by molar-refractivity contribution is 5.29. The molecule has 2 rings (SSSR count). The van der Waals surface area contributed by atoms with Gasteiger partial charge in [0.1, 0.15) is 0 Å². The molecule has 1 saturated heterocycles. The standard InChI is InChI=1S/C13H23N5/c1-12(3-4-14)11-17-7-9-18(10-8-17)13-15-5-2-6-16-13/h2,5-6,12H,3-4,7-11,14H2,1H3. The van der Waals surface area contributed by atoms with Crippen LogP contribution in [0.4, 0.5) is 5.95 Å². The quantitative estimate of drug-likeness (QED) is 0.827. The van der Waals surface area contributed by atoms with E-state index in [-0.39, 0.29) is 0 Å². The lowest BCUT2D eigenvalue weighted by atomic mass is 10.1. The fraction of sp³-hybridized carbons (Fsp3) is 0.692. The molecule has 0 bridgehead atoms. The molecule has 1 aromatic heterocycles. The van der Waals surface area contributed by atoms with Gasteiger partial charge in [0.05, 0.1) is 0 Å². The van der Waals surface area contributed by atoms with Crippen molar-refractivity contribution < 1.29 is 0 Å². The van der Waals surface area contributed by atoms with Gasteiger partial charge < -0.3 is 10.6 Å². The normalized spacial score (nSPS) is 18.9. The maximum atomic E-state index is 5.59. The van der Waals surface area contributed by atoms with Gasteiger partial charge in [0.15, 0.2) is 0 Å². The lowest BCUT2D eigenvalue weighted by Gasteiger charge is -2.35. The smallest absolute Gasteiger partial charge is 0.225 e. The zero-order chi connectivity index (χ0) is 12.8. The van der Waals surface area contributed by atoms with E-state index in [2.05, 4.69) is 26.7 Å². The maximum Gasteiger partial charge on any atom is 0.225 e. The summed E-state index contributed by atoms with van der Waals surface area (Å²) in [6.07, 6.45) is 4.72. The molecule has 0 amide bonds. The molecule has 0 aromatic carbocycles. The minimum atomic E-state index is 0.689. The molecule has 1 fully saturated rings. The highest BCUT2D eigenvalue weighted by Gasteiger charge is 2.19. The summed E-state index contributed by atoms with van der Waals surface area (Å²) in [7, 11) is 0. The van der Waals surface area contributed by atoms with Crippen LogP contribution in [0.1, 0.15) is 13.3 Å². The number of hydrogen-bond donors (Lipinski definition) is 1. The van der Waals surface area contributed by atoms with Gasteiger partial charge in [-0.05, 0) is 24.9 Å². The molecule has 2 N–H and O–H groups in total. The van der Waals surface area contributed by atoms with Crippen LogP contribution in [0.3, 0.4) is 0 Å². The van der Waals surface area contributed by atoms with E-state index < -0.39 is 0 Å². The van der Waals surface area contributed by atoms with Crippen LogP contribution in [0.15, 0.2) is 18.5 Å². The third-order valence-corrected chi connectivity index (χ3v) is 3.44. The number of nitrogens with zero attached hydrogens (tertiary/aromatic N) is 4. The molecular weight excluding hydrogens is 226 g/mol. The molecule has 1 aliphatic rings. The monoisotopic (exact) mass is 249 g/mol. The number of anilines is 1. The van der Waals surface area contributed by atoms with Gasteiger partial charge in [-0.15, -0.1) is 0 Å². The summed E-state index contributed by atoms with van der Waals surface area (Å²) >= 11 is 0. The summed E-state index contributed by atoms with van der Waals surface area (Å²) in [4.78, 5) is 13.4. The van der Waals surface area contributed by atoms with Crippen molar-refractivity contribution in [2.24, 2.45) is 11.7 Å². The molecule has 0 saturated carbocycles. The van der Waals surface area contributed by atoms with Crippen molar-refractivity contribution in [3.63, 3.8) is 0 Å². The Labute approximate surface area is 109 Å². The predicted molar refractivity (Wildman–Crippen MR) is 73.5 cm³/mol. The van der Waals surface area contributed by atoms with Crippen LogP contribution in [0.5, 0.6) is 0 Å². The van der Waals surface area contributed by atoms with Crippen LogP contribution in [-0.2, 0) is 0 Å². The summed E-state index contributed by atoms with van der Waals surface area (Å²) in [5, 5.41) is 0. The number of hydrogen-bond acceptors (Lipinski definition) is 5. The SMILES string of the molecule is CC(CCN)CN1CCN(c2ncccn2)CC1. The Bertz CT molecular complexity index is 334. The Morgan fingerprint density at radius 3 is 2.50 bits per heavy atom. The van der Waals surface area contributed by atoms with Gasteiger partial charge in [0, 0.05) is 45.1 Å². The molecule has 1 aromatic rings. The first kappa shape index (κ1) is 13.2. The van der Waals surface area contributed by atoms with Crippen LogP contribution < -0.4 is 10.6 Å². The van der Waals surface area contributed by atoms with Crippen molar-refractivity contribution in [1.29, 1.82) is 0 Å². The largest absolute Gasteiger partial charge is 0.338 e. The summed E-state index contributed by atoms with van der Waals surface area (Å²) in [6.45, 7) is 8.43. The third-order valence-electron chi connectivity index (χ3n) is 3.44. The molecule has 18 heavy (non-hydrogen) atoms. The van der Waals surface area contributed by atoms with Gasteiger partial charge in [-0.1, -0.05) is 6.92 Å². The molecule has 1 atom stereocenters.